The maximum atomic E-state index is 13.5. The Morgan fingerprint density at radius 1 is 0.973 bits per heavy atom. The Kier molecular flexibility index (Phi) is 8.72. The van der Waals surface area contributed by atoms with E-state index in [0.29, 0.717) is 28.2 Å². The summed E-state index contributed by atoms with van der Waals surface area (Å²) in [4.78, 5) is 52.7. The maximum Gasteiger partial charge on any atom is 0.328 e. The molecular formula is C26H32N4O7. The highest BCUT2D eigenvalue weighted by atomic mass is 16.5. The summed E-state index contributed by atoms with van der Waals surface area (Å²) in [6, 6.07) is 7.32. The van der Waals surface area contributed by atoms with Gasteiger partial charge < -0.3 is 35.5 Å². The van der Waals surface area contributed by atoms with Gasteiger partial charge >= 0.3 is 5.97 Å². The highest BCUT2D eigenvalue weighted by molar-refractivity contribution is 5.94. The summed E-state index contributed by atoms with van der Waals surface area (Å²) in [5, 5.41) is 5.30. The van der Waals surface area contributed by atoms with Crippen molar-refractivity contribution in [1.82, 2.24) is 15.5 Å². The molecule has 1 aliphatic rings. The average molecular weight is 513 g/mol. The van der Waals surface area contributed by atoms with Crippen molar-refractivity contribution >= 4 is 23.7 Å². The third-order valence-electron chi connectivity index (χ3n) is 6.29. The number of nitrogens with two attached hydrogens (primary N) is 1. The minimum Gasteiger partial charge on any atom is -0.496 e. The minimum atomic E-state index is -1.11. The third-order valence-corrected chi connectivity index (χ3v) is 6.29. The van der Waals surface area contributed by atoms with Crippen LogP contribution in [0.5, 0.6) is 11.5 Å². The lowest BCUT2D eigenvalue weighted by Gasteiger charge is -2.30. The smallest absolute Gasteiger partial charge is 0.328 e. The first-order chi connectivity index (χ1) is 17.6. The van der Waals surface area contributed by atoms with Crippen LogP contribution in [0.25, 0.3) is 11.1 Å². The number of nitrogens with zero attached hydrogens (tertiary/aromatic N) is 1. The van der Waals surface area contributed by atoms with Crippen LogP contribution in [0.2, 0.25) is 0 Å². The highest BCUT2D eigenvalue weighted by Gasteiger charge is 2.33. The van der Waals surface area contributed by atoms with E-state index in [2.05, 4.69) is 10.6 Å². The van der Waals surface area contributed by atoms with Crippen molar-refractivity contribution < 1.29 is 33.4 Å². The summed E-state index contributed by atoms with van der Waals surface area (Å²) < 4.78 is 16.1. The number of ether oxygens (including phenoxy) is 3. The standard InChI is InChI=1S/C26H32N4O7/c1-14-24(32)29-19(26(34)37-5)11-15-6-8-20(35-3)17(10-15)18-12-16(7-9-21(18)36-4)23(25(33)28-14)30(2)22(31)13-27/h6-10,12,14,19,23H,11,13,27H2,1-5H3,(H,28,33)(H,29,32). The van der Waals surface area contributed by atoms with Gasteiger partial charge in [-0.25, -0.2) is 4.79 Å². The number of fused-ring (bicyclic) bond motifs is 5. The summed E-state index contributed by atoms with van der Waals surface area (Å²) in [6.07, 6.45) is 0.133. The molecule has 4 bridgehead atoms. The van der Waals surface area contributed by atoms with Gasteiger partial charge in [0.1, 0.15) is 29.6 Å². The molecule has 0 fully saturated rings. The number of likely N-dealkylation sites (N-methyl/N-ethyl adjacent to an activating group) is 1. The second-order valence-electron chi connectivity index (χ2n) is 8.62. The van der Waals surface area contributed by atoms with Crippen molar-refractivity contribution in [3.8, 4) is 22.6 Å². The molecule has 198 valence electrons. The van der Waals surface area contributed by atoms with E-state index in [1.54, 1.807) is 30.3 Å². The molecule has 4 N–H and O–H groups in total. The molecule has 3 unspecified atom stereocenters. The molecule has 3 amide bonds. The predicted molar refractivity (Wildman–Crippen MR) is 135 cm³/mol. The van der Waals surface area contributed by atoms with Gasteiger partial charge in [-0.1, -0.05) is 12.1 Å². The number of carbonyl (C=O) groups is 4. The van der Waals surface area contributed by atoms with Gasteiger partial charge in [-0.3, -0.25) is 14.4 Å². The number of hydrogen-bond donors (Lipinski definition) is 3. The van der Waals surface area contributed by atoms with Crippen LogP contribution in [0, 0.1) is 0 Å². The third kappa shape index (κ3) is 5.83. The quantitative estimate of drug-likeness (QED) is 0.492. The fraction of sp³-hybridized carbons (Fsp3) is 0.385. The first-order valence-electron chi connectivity index (χ1n) is 11.6. The molecule has 0 radical (unpaired) electrons. The van der Waals surface area contributed by atoms with Gasteiger partial charge in [-0.15, -0.1) is 0 Å². The second kappa shape index (κ2) is 11.7. The van der Waals surface area contributed by atoms with E-state index in [1.165, 1.54) is 40.2 Å². The molecule has 0 saturated heterocycles. The summed E-state index contributed by atoms with van der Waals surface area (Å²) in [5.74, 6) is -1.27. The van der Waals surface area contributed by atoms with Crippen LogP contribution < -0.4 is 25.8 Å². The van der Waals surface area contributed by atoms with E-state index in [-0.39, 0.29) is 13.0 Å². The van der Waals surface area contributed by atoms with E-state index >= 15 is 0 Å². The summed E-state index contributed by atoms with van der Waals surface area (Å²) in [7, 11) is 5.74. The van der Waals surface area contributed by atoms with Gasteiger partial charge in [-0.05, 0) is 42.3 Å². The zero-order chi connectivity index (χ0) is 27.3. The number of rotatable bonds is 5. The molecule has 0 aliphatic carbocycles. The summed E-state index contributed by atoms with van der Waals surface area (Å²) in [5.41, 5.74) is 8.01. The van der Waals surface area contributed by atoms with Crippen LogP contribution in [0.4, 0.5) is 0 Å². The minimum absolute atomic E-state index is 0.133. The van der Waals surface area contributed by atoms with E-state index in [4.69, 9.17) is 19.9 Å². The molecular weight excluding hydrogens is 480 g/mol. The van der Waals surface area contributed by atoms with Crippen LogP contribution >= 0.6 is 0 Å². The molecule has 1 heterocycles. The van der Waals surface area contributed by atoms with Crippen LogP contribution in [0.3, 0.4) is 0 Å². The number of methoxy groups -OCH3 is 3. The number of amides is 3. The summed E-state index contributed by atoms with van der Waals surface area (Å²) >= 11 is 0. The van der Waals surface area contributed by atoms with Gasteiger partial charge in [0.2, 0.25) is 17.7 Å². The molecule has 11 nitrogen and oxygen atoms in total. The Labute approximate surface area is 215 Å². The number of esters is 1. The number of carbonyl (C=O) groups excluding carboxylic acids is 4. The van der Waals surface area contributed by atoms with Crippen LogP contribution in [-0.4, -0.2) is 75.6 Å². The number of hydrogen-bond acceptors (Lipinski definition) is 8. The van der Waals surface area contributed by atoms with Gasteiger partial charge in [0.05, 0.1) is 27.9 Å². The van der Waals surface area contributed by atoms with Crippen LogP contribution in [0.1, 0.15) is 24.1 Å². The lowest BCUT2D eigenvalue weighted by Crippen LogP contribution is -2.53. The van der Waals surface area contributed by atoms with Gasteiger partial charge in [0.15, 0.2) is 0 Å². The largest absolute Gasteiger partial charge is 0.496 e. The van der Waals surface area contributed by atoms with Crippen molar-refractivity contribution in [3.63, 3.8) is 0 Å². The van der Waals surface area contributed by atoms with Crippen molar-refractivity contribution in [3.05, 3.63) is 47.5 Å². The van der Waals surface area contributed by atoms with E-state index in [9.17, 15) is 19.2 Å². The molecule has 11 heteroatoms. The molecule has 3 atom stereocenters. The van der Waals surface area contributed by atoms with Crippen LogP contribution in [0.15, 0.2) is 36.4 Å². The Bertz CT molecular complexity index is 1200. The first kappa shape index (κ1) is 27.5. The molecule has 37 heavy (non-hydrogen) atoms. The SMILES string of the molecule is COC(=O)C1Cc2ccc(OC)c(c2)-c2cc(ccc2OC)C(N(C)C(=O)CN)C(=O)NC(C)C(=O)N1. The summed E-state index contributed by atoms with van der Waals surface area (Å²) in [6.45, 7) is 1.18. The van der Waals surface area contributed by atoms with Crippen molar-refractivity contribution in [1.29, 1.82) is 0 Å². The monoisotopic (exact) mass is 512 g/mol. The maximum absolute atomic E-state index is 13.5. The number of nitrogens with one attached hydrogen (secondary N) is 2. The fourth-order valence-corrected chi connectivity index (χ4v) is 4.26. The lowest BCUT2D eigenvalue weighted by atomic mass is 9.93. The Morgan fingerprint density at radius 3 is 2.19 bits per heavy atom. The van der Waals surface area contributed by atoms with Gasteiger partial charge in [-0.2, -0.15) is 0 Å². The molecule has 2 aromatic carbocycles. The first-order valence-corrected chi connectivity index (χ1v) is 11.6. The zero-order valence-electron chi connectivity index (χ0n) is 21.5. The normalized spacial score (nSPS) is 19.6. The van der Waals surface area contributed by atoms with E-state index in [0.717, 1.165) is 5.56 Å². The Balaban J connectivity index is 2.29. The molecule has 1 aliphatic heterocycles. The Hall–Kier alpha value is -4.12. The topological polar surface area (TPSA) is 149 Å². The van der Waals surface area contributed by atoms with E-state index in [1.807, 2.05) is 6.07 Å². The van der Waals surface area contributed by atoms with Gasteiger partial charge in [0.25, 0.3) is 0 Å². The van der Waals surface area contributed by atoms with Crippen molar-refractivity contribution in [2.45, 2.75) is 31.5 Å². The molecule has 3 rings (SSSR count). The number of benzene rings is 2. The predicted octanol–water partition coefficient (Wildman–Crippen LogP) is 0.548. The zero-order valence-corrected chi connectivity index (χ0v) is 21.5. The van der Waals surface area contributed by atoms with Crippen molar-refractivity contribution in [2.75, 3.05) is 34.9 Å². The molecule has 0 aromatic heterocycles. The van der Waals surface area contributed by atoms with Crippen molar-refractivity contribution in [2.24, 2.45) is 5.73 Å². The van der Waals surface area contributed by atoms with E-state index < -0.39 is 41.8 Å². The molecule has 0 saturated carbocycles. The van der Waals surface area contributed by atoms with Gasteiger partial charge in [0, 0.05) is 24.6 Å². The highest BCUT2D eigenvalue weighted by Crippen LogP contribution is 2.39. The van der Waals surface area contributed by atoms with Crippen LogP contribution in [-0.2, 0) is 30.3 Å². The fourth-order valence-electron chi connectivity index (χ4n) is 4.26. The second-order valence-corrected chi connectivity index (χ2v) is 8.62. The Morgan fingerprint density at radius 2 is 1.59 bits per heavy atom. The molecule has 2 aromatic rings. The lowest BCUT2D eigenvalue weighted by molar-refractivity contribution is -0.145. The average Bonchev–Trinajstić information content (AvgIpc) is 2.90. The molecule has 0 spiro atoms.